The van der Waals surface area contributed by atoms with Gasteiger partial charge in [-0.15, -0.1) is 0 Å². The summed E-state index contributed by atoms with van der Waals surface area (Å²) in [6.07, 6.45) is 3.95. The quantitative estimate of drug-likeness (QED) is 0.709. The van der Waals surface area contributed by atoms with E-state index in [0.29, 0.717) is 12.1 Å². The second-order valence-corrected chi connectivity index (χ2v) is 4.05. The topological polar surface area (TPSA) is 25.8 Å². The first-order chi connectivity index (χ1) is 8.04. The van der Waals surface area contributed by atoms with Crippen molar-refractivity contribution in [3.63, 3.8) is 0 Å². The molecule has 1 rings (SSSR count). The molecule has 0 unspecified atom stereocenters. The molecule has 0 saturated carbocycles. The second kappa shape index (κ2) is 6.57. The third-order valence-electron chi connectivity index (χ3n) is 2.53. The molecule has 0 N–H and O–H groups in total. The maximum absolute atomic E-state index is 12.2. The van der Waals surface area contributed by atoms with Gasteiger partial charge in [0.05, 0.1) is 11.9 Å². The first kappa shape index (κ1) is 13.9. The Morgan fingerprint density at radius 3 is 2.24 bits per heavy atom. The van der Waals surface area contributed by atoms with E-state index in [4.69, 9.17) is 0 Å². The van der Waals surface area contributed by atoms with Crippen LogP contribution in [0.1, 0.15) is 50.4 Å². The highest BCUT2D eigenvalue weighted by atomic mass is 19.4. The Morgan fingerprint density at radius 1 is 1.00 bits per heavy atom. The maximum atomic E-state index is 12.2. The van der Waals surface area contributed by atoms with Crippen molar-refractivity contribution in [2.24, 2.45) is 0 Å². The van der Waals surface area contributed by atoms with E-state index in [1.807, 2.05) is 0 Å². The predicted octanol–water partition coefficient (Wildman–Crippen LogP) is 4.01. The van der Waals surface area contributed by atoms with Gasteiger partial charge in [0, 0.05) is 6.20 Å². The molecule has 5 heteroatoms. The number of aryl methyl sites for hydroxylation is 1. The van der Waals surface area contributed by atoms with Gasteiger partial charge in [0.25, 0.3) is 0 Å². The van der Waals surface area contributed by atoms with Gasteiger partial charge in [0.1, 0.15) is 0 Å². The van der Waals surface area contributed by atoms with Gasteiger partial charge in [-0.1, -0.05) is 32.6 Å². The Morgan fingerprint density at radius 2 is 1.71 bits per heavy atom. The second-order valence-electron chi connectivity index (χ2n) is 4.05. The molecule has 0 saturated heterocycles. The lowest BCUT2D eigenvalue weighted by molar-refractivity contribution is -0.141. The summed E-state index contributed by atoms with van der Waals surface area (Å²) in [7, 11) is 0. The maximum Gasteiger partial charge on any atom is 0.434 e. The zero-order chi connectivity index (χ0) is 12.7. The lowest BCUT2D eigenvalue weighted by Gasteiger charge is -2.05. The first-order valence-corrected chi connectivity index (χ1v) is 5.92. The summed E-state index contributed by atoms with van der Waals surface area (Å²) in [4.78, 5) is 7.16. The van der Waals surface area contributed by atoms with E-state index in [0.717, 1.165) is 19.0 Å². The highest BCUT2D eigenvalue weighted by Crippen LogP contribution is 2.26. The van der Waals surface area contributed by atoms with Crippen LogP contribution in [0.15, 0.2) is 12.4 Å². The van der Waals surface area contributed by atoms with Gasteiger partial charge >= 0.3 is 6.18 Å². The molecule has 17 heavy (non-hydrogen) atoms. The number of nitrogens with zero attached hydrogens (tertiary/aromatic N) is 2. The van der Waals surface area contributed by atoms with E-state index in [1.54, 1.807) is 0 Å². The lowest BCUT2D eigenvalue weighted by Crippen LogP contribution is -2.09. The summed E-state index contributed by atoms with van der Waals surface area (Å²) in [5.41, 5.74) is -0.290. The van der Waals surface area contributed by atoms with Crippen LogP contribution >= 0.6 is 0 Å². The lowest BCUT2D eigenvalue weighted by atomic mass is 10.1. The van der Waals surface area contributed by atoms with E-state index < -0.39 is 11.9 Å². The van der Waals surface area contributed by atoms with Crippen molar-refractivity contribution in [1.82, 2.24) is 9.97 Å². The fraction of sp³-hybridized carbons (Fsp3) is 0.667. The third kappa shape index (κ3) is 5.15. The zero-order valence-corrected chi connectivity index (χ0v) is 9.93. The molecule has 2 nitrogen and oxygen atoms in total. The average Bonchev–Trinajstić information content (AvgIpc) is 2.28. The Hall–Kier alpha value is -1.13. The molecule has 1 aromatic rings. The number of unbranched alkanes of at least 4 members (excludes halogenated alkanes) is 4. The van der Waals surface area contributed by atoms with Crippen LogP contribution in [0.4, 0.5) is 13.2 Å². The molecule has 96 valence electrons. The number of halogens is 3. The fourth-order valence-corrected chi connectivity index (χ4v) is 1.54. The minimum Gasteiger partial charge on any atom is -0.257 e. The van der Waals surface area contributed by atoms with Crippen LogP contribution < -0.4 is 0 Å². The summed E-state index contributed by atoms with van der Waals surface area (Å²) in [6.45, 7) is 2.14. The van der Waals surface area contributed by atoms with Crippen LogP contribution in [0.5, 0.6) is 0 Å². The van der Waals surface area contributed by atoms with Crippen molar-refractivity contribution >= 4 is 0 Å². The van der Waals surface area contributed by atoms with Crippen LogP contribution in [-0.4, -0.2) is 9.97 Å². The third-order valence-corrected chi connectivity index (χ3v) is 2.53. The molecule has 0 bridgehead atoms. The number of hydrogen-bond acceptors (Lipinski definition) is 2. The largest absolute Gasteiger partial charge is 0.434 e. The van der Waals surface area contributed by atoms with Gasteiger partial charge in [-0.05, 0) is 12.8 Å². The molecule has 0 aliphatic rings. The van der Waals surface area contributed by atoms with Crippen LogP contribution in [-0.2, 0) is 12.6 Å². The van der Waals surface area contributed by atoms with Crippen LogP contribution in [0, 0.1) is 0 Å². The highest BCUT2D eigenvalue weighted by molar-refractivity contribution is 5.05. The van der Waals surface area contributed by atoms with E-state index in [-0.39, 0.29) is 0 Å². The summed E-state index contributed by atoms with van der Waals surface area (Å²) in [5.74, 6) is 0. The van der Waals surface area contributed by atoms with Crippen LogP contribution in [0.25, 0.3) is 0 Å². The SMILES string of the molecule is CCCCCCCc1cnc(C(F)(F)F)cn1. The van der Waals surface area contributed by atoms with Gasteiger partial charge in [-0.3, -0.25) is 4.98 Å². The molecule has 0 amide bonds. The van der Waals surface area contributed by atoms with Gasteiger partial charge in [-0.25, -0.2) is 4.98 Å². The van der Waals surface area contributed by atoms with E-state index in [1.165, 1.54) is 25.5 Å². The number of alkyl halides is 3. The standard InChI is InChI=1S/C12H17F3N2/c1-2-3-4-5-6-7-10-8-17-11(9-16-10)12(13,14)15/h8-9H,2-7H2,1H3. The van der Waals surface area contributed by atoms with Crippen molar-refractivity contribution < 1.29 is 13.2 Å². The molecule has 0 aliphatic heterocycles. The van der Waals surface area contributed by atoms with Crippen LogP contribution in [0.2, 0.25) is 0 Å². The Balaban J connectivity index is 2.36. The number of aromatic nitrogens is 2. The summed E-state index contributed by atoms with van der Waals surface area (Å²) >= 11 is 0. The van der Waals surface area contributed by atoms with Crippen molar-refractivity contribution in [1.29, 1.82) is 0 Å². The molecule has 0 aromatic carbocycles. The van der Waals surface area contributed by atoms with Gasteiger partial charge in [0.2, 0.25) is 0 Å². The Bertz CT molecular complexity index is 320. The molecule has 0 atom stereocenters. The molecule has 0 radical (unpaired) electrons. The smallest absolute Gasteiger partial charge is 0.257 e. The Kier molecular flexibility index (Phi) is 5.38. The first-order valence-electron chi connectivity index (χ1n) is 5.92. The van der Waals surface area contributed by atoms with Crippen LogP contribution in [0.3, 0.4) is 0 Å². The highest BCUT2D eigenvalue weighted by Gasteiger charge is 2.32. The van der Waals surface area contributed by atoms with E-state index >= 15 is 0 Å². The molecule has 1 aromatic heterocycles. The normalized spacial score (nSPS) is 11.8. The molecular weight excluding hydrogens is 229 g/mol. The van der Waals surface area contributed by atoms with E-state index in [9.17, 15) is 13.2 Å². The van der Waals surface area contributed by atoms with E-state index in [2.05, 4.69) is 16.9 Å². The fourth-order valence-electron chi connectivity index (χ4n) is 1.54. The van der Waals surface area contributed by atoms with Crippen molar-refractivity contribution in [2.75, 3.05) is 0 Å². The molecule has 0 spiro atoms. The molecule has 0 fully saturated rings. The molecule has 1 heterocycles. The van der Waals surface area contributed by atoms with Gasteiger partial charge < -0.3 is 0 Å². The minimum absolute atomic E-state index is 0.634. The predicted molar refractivity (Wildman–Crippen MR) is 59.5 cm³/mol. The zero-order valence-electron chi connectivity index (χ0n) is 9.93. The molecular formula is C12H17F3N2. The number of hydrogen-bond donors (Lipinski definition) is 0. The van der Waals surface area contributed by atoms with Gasteiger partial charge in [0.15, 0.2) is 5.69 Å². The number of rotatable bonds is 6. The Labute approximate surface area is 99.3 Å². The van der Waals surface area contributed by atoms with Crippen molar-refractivity contribution in [3.05, 3.63) is 23.8 Å². The average molecular weight is 246 g/mol. The summed E-state index contributed by atoms with van der Waals surface area (Å²) in [5, 5.41) is 0. The summed E-state index contributed by atoms with van der Waals surface area (Å²) < 4.78 is 36.6. The summed E-state index contributed by atoms with van der Waals surface area (Å²) in [6, 6.07) is 0. The minimum atomic E-state index is -4.40. The monoisotopic (exact) mass is 246 g/mol. The molecule has 0 aliphatic carbocycles. The van der Waals surface area contributed by atoms with Gasteiger partial charge in [-0.2, -0.15) is 13.2 Å². The van der Waals surface area contributed by atoms with Crippen molar-refractivity contribution in [3.8, 4) is 0 Å². The van der Waals surface area contributed by atoms with Crippen molar-refractivity contribution in [2.45, 2.75) is 51.6 Å².